The second-order valence-corrected chi connectivity index (χ2v) is 7.08. The molecule has 2 heterocycles. The van der Waals surface area contributed by atoms with E-state index in [2.05, 4.69) is 0 Å². The molecular weight excluding hydrogens is 342 g/mol. The number of nitrogens with two attached hydrogens (primary N) is 1. The average Bonchev–Trinajstić information content (AvgIpc) is 2.68. The lowest BCUT2D eigenvalue weighted by molar-refractivity contribution is -0.123. The smallest absolute Gasteiger partial charge is 0.263 e. The van der Waals surface area contributed by atoms with Crippen LogP contribution in [0.4, 0.5) is 0 Å². The summed E-state index contributed by atoms with van der Waals surface area (Å²) in [5.74, 6) is -0.760. The predicted molar refractivity (Wildman–Crippen MR) is 103 cm³/mol. The number of primary amides is 1. The molecule has 1 aromatic carbocycles. The van der Waals surface area contributed by atoms with Gasteiger partial charge in [-0.3, -0.25) is 14.4 Å². The molecule has 6 nitrogen and oxygen atoms in total. The number of pyridine rings is 1. The molecule has 2 aromatic rings. The fourth-order valence-corrected chi connectivity index (χ4v) is 3.52. The van der Waals surface area contributed by atoms with Gasteiger partial charge in [-0.15, -0.1) is 0 Å². The van der Waals surface area contributed by atoms with Crippen LogP contribution in [-0.4, -0.2) is 34.4 Å². The molecular formula is C21H25N3O3. The van der Waals surface area contributed by atoms with Gasteiger partial charge in [0, 0.05) is 31.7 Å². The third kappa shape index (κ3) is 4.27. The van der Waals surface area contributed by atoms with E-state index in [1.165, 1.54) is 0 Å². The lowest BCUT2D eigenvalue weighted by Gasteiger charge is -2.30. The van der Waals surface area contributed by atoms with Gasteiger partial charge in [-0.2, -0.15) is 0 Å². The van der Waals surface area contributed by atoms with Crippen LogP contribution in [0.2, 0.25) is 0 Å². The van der Waals surface area contributed by atoms with Crippen molar-refractivity contribution < 1.29 is 9.59 Å². The van der Waals surface area contributed by atoms with Crippen molar-refractivity contribution in [3.05, 3.63) is 69.6 Å². The van der Waals surface area contributed by atoms with Crippen LogP contribution in [0, 0.1) is 12.8 Å². The maximum Gasteiger partial charge on any atom is 0.263 e. The van der Waals surface area contributed by atoms with E-state index >= 15 is 0 Å². The maximum absolute atomic E-state index is 12.9. The first kappa shape index (κ1) is 18.9. The van der Waals surface area contributed by atoms with Crippen LogP contribution in [0.25, 0.3) is 0 Å². The first-order valence-electron chi connectivity index (χ1n) is 9.30. The van der Waals surface area contributed by atoms with Gasteiger partial charge in [0.2, 0.25) is 5.91 Å². The van der Waals surface area contributed by atoms with Crippen LogP contribution >= 0.6 is 0 Å². The number of piperidine rings is 1. The van der Waals surface area contributed by atoms with Gasteiger partial charge in [0.15, 0.2) is 0 Å². The third-order valence-corrected chi connectivity index (χ3v) is 5.26. The zero-order valence-corrected chi connectivity index (χ0v) is 15.6. The largest absolute Gasteiger partial charge is 0.369 e. The molecule has 6 heteroatoms. The Labute approximate surface area is 158 Å². The minimum atomic E-state index is -0.318. The van der Waals surface area contributed by atoms with Gasteiger partial charge in [0.1, 0.15) is 5.56 Å². The van der Waals surface area contributed by atoms with Crippen molar-refractivity contribution in [3.63, 3.8) is 0 Å². The van der Waals surface area contributed by atoms with E-state index in [4.69, 9.17) is 5.73 Å². The lowest BCUT2D eigenvalue weighted by Crippen LogP contribution is -2.44. The quantitative estimate of drug-likeness (QED) is 0.873. The Hall–Kier alpha value is -2.89. The van der Waals surface area contributed by atoms with E-state index in [1.807, 2.05) is 36.4 Å². The first-order valence-corrected chi connectivity index (χ1v) is 9.30. The number of nitrogens with zero attached hydrogens (tertiary/aromatic N) is 2. The molecule has 0 atom stereocenters. The van der Waals surface area contributed by atoms with Gasteiger partial charge in [0.05, 0.1) is 0 Å². The Bertz CT molecular complexity index is 881. The Morgan fingerprint density at radius 2 is 1.78 bits per heavy atom. The molecule has 142 valence electrons. The number of amides is 2. The van der Waals surface area contributed by atoms with Gasteiger partial charge in [-0.25, -0.2) is 0 Å². The minimum Gasteiger partial charge on any atom is -0.369 e. The van der Waals surface area contributed by atoms with Crippen LogP contribution in [0.5, 0.6) is 0 Å². The summed E-state index contributed by atoms with van der Waals surface area (Å²) in [5.41, 5.74) is 7.15. The summed E-state index contributed by atoms with van der Waals surface area (Å²) in [6, 6.07) is 11.8. The second kappa shape index (κ2) is 8.20. The van der Waals surface area contributed by atoms with Crippen molar-refractivity contribution in [1.29, 1.82) is 0 Å². The monoisotopic (exact) mass is 367 g/mol. The van der Waals surface area contributed by atoms with Gasteiger partial charge in [0.25, 0.3) is 11.5 Å². The molecule has 27 heavy (non-hydrogen) atoms. The molecule has 1 aliphatic heterocycles. The molecule has 0 radical (unpaired) electrons. The summed E-state index contributed by atoms with van der Waals surface area (Å²) >= 11 is 0. The van der Waals surface area contributed by atoms with E-state index < -0.39 is 0 Å². The standard InChI is InChI=1S/C21H25N3O3/c1-15-7-11-23(12-8-16-5-3-2-4-6-16)20(26)18(15)21(27)24-13-9-17(10-14-24)19(22)25/h2-7,11,17H,8-10,12-14H2,1H3,(H2,22,25). The number of rotatable bonds is 5. The number of hydrogen-bond acceptors (Lipinski definition) is 3. The zero-order valence-electron chi connectivity index (χ0n) is 15.6. The van der Waals surface area contributed by atoms with Gasteiger partial charge >= 0.3 is 0 Å². The SMILES string of the molecule is Cc1ccn(CCc2ccccc2)c(=O)c1C(=O)N1CCC(C(N)=O)CC1. The Balaban J connectivity index is 1.76. The summed E-state index contributed by atoms with van der Waals surface area (Å²) in [4.78, 5) is 38.8. The molecule has 0 bridgehead atoms. The highest BCUT2D eigenvalue weighted by Gasteiger charge is 2.28. The number of carbonyl (C=O) groups excluding carboxylic acids is 2. The molecule has 0 saturated carbocycles. The van der Waals surface area contributed by atoms with Crippen molar-refractivity contribution in [3.8, 4) is 0 Å². The highest BCUT2D eigenvalue weighted by atomic mass is 16.2. The molecule has 3 rings (SSSR count). The van der Waals surface area contributed by atoms with Gasteiger partial charge < -0.3 is 15.2 Å². The van der Waals surface area contributed by atoms with E-state index in [-0.39, 0.29) is 28.9 Å². The summed E-state index contributed by atoms with van der Waals surface area (Å²) in [5, 5.41) is 0. The van der Waals surface area contributed by atoms with Gasteiger partial charge in [-0.05, 0) is 43.4 Å². The fraction of sp³-hybridized carbons (Fsp3) is 0.381. The summed E-state index contributed by atoms with van der Waals surface area (Å²) in [6.07, 6.45) is 3.57. The highest BCUT2D eigenvalue weighted by molar-refractivity contribution is 5.95. The number of hydrogen-bond donors (Lipinski definition) is 1. The van der Waals surface area contributed by atoms with E-state index in [0.29, 0.717) is 38.0 Å². The Morgan fingerprint density at radius 1 is 1.11 bits per heavy atom. The fourth-order valence-electron chi connectivity index (χ4n) is 3.52. The van der Waals surface area contributed by atoms with Crippen LogP contribution in [-0.2, 0) is 17.8 Å². The van der Waals surface area contributed by atoms with Crippen molar-refractivity contribution in [2.24, 2.45) is 11.7 Å². The Morgan fingerprint density at radius 3 is 2.41 bits per heavy atom. The summed E-state index contributed by atoms with van der Waals surface area (Å²) < 4.78 is 1.60. The second-order valence-electron chi connectivity index (χ2n) is 7.08. The van der Waals surface area contributed by atoms with Crippen molar-refractivity contribution >= 4 is 11.8 Å². The highest BCUT2D eigenvalue weighted by Crippen LogP contribution is 2.19. The molecule has 2 amide bonds. The molecule has 0 aliphatic carbocycles. The van der Waals surface area contributed by atoms with E-state index in [1.54, 1.807) is 22.6 Å². The van der Waals surface area contributed by atoms with E-state index in [9.17, 15) is 14.4 Å². The van der Waals surface area contributed by atoms with Crippen LogP contribution in [0.1, 0.15) is 34.3 Å². The molecule has 1 fully saturated rings. The number of aryl methyl sites for hydroxylation is 3. The van der Waals surface area contributed by atoms with Crippen molar-refractivity contribution in [1.82, 2.24) is 9.47 Å². The lowest BCUT2D eigenvalue weighted by atomic mass is 9.95. The van der Waals surface area contributed by atoms with E-state index in [0.717, 1.165) is 12.0 Å². The van der Waals surface area contributed by atoms with Crippen LogP contribution in [0.15, 0.2) is 47.4 Å². The normalized spacial score (nSPS) is 14.9. The zero-order chi connectivity index (χ0) is 19.4. The molecule has 0 unspecified atom stereocenters. The molecule has 2 N–H and O–H groups in total. The predicted octanol–water partition coefficient (Wildman–Crippen LogP) is 1.74. The Kier molecular flexibility index (Phi) is 5.74. The molecule has 0 spiro atoms. The summed E-state index contributed by atoms with van der Waals surface area (Å²) in [7, 11) is 0. The third-order valence-electron chi connectivity index (χ3n) is 5.26. The van der Waals surface area contributed by atoms with Crippen molar-refractivity contribution in [2.45, 2.75) is 32.7 Å². The molecule has 1 saturated heterocycles. The number of likely N-dealkylation sites (tertiary alicyclic amines) is 1. The average molecular weight is 367 g/mol. The number of carbonyl (C=O) groups is 2. The van der Waals surface area contributed by atoms with Crippen LogP contribution < -0.4 is 11.3 Å². The molecule has 1 aliphatic rings. The van der Waals surface area contributed by atoms with Crippen molar-refractivity contribution in [2.75, 3.05) is 13.1 Å². The maximum atomic E-state index is 12.9. The minimum absolute atomic E-state index is 0.187. The first-order chi connectivity index (χ1) is 13.0. The number of aromatic nitrogens is 1. The summed E-state index contributed by atoms with van der Waals surface area (Å²) in [6.45, 7) is 3.20. The molecule has 1 aromatic heterocycles. The number of benzene rings is 1. The van der Waals surface area contributed by atoms with Crippen LogP contribution in [0.3, 0.4) is 0 Å². The topological polar surface area (TPSA) is 85.4 Å². The van der Waals surface area contributed by atoms with Gasteiger partial charge in [-0.1, -0.05) is 30.3 Å².